The monoisotopic (exact) mass is 454 g/mol. The van der Waals surface area contributed by atoms with E-state index in [1.165, 1.54) is 12.1 Å². The highest BCUT2D eigenvalue weighted by Gasteiger charge is 2.49. The third kappa shape index (κ3) is 5.56. The Morgan fingerprint density at radius 3 is 2.33 bits per heavy atom. The number of likely N-dealkylation sites (tertiary alicyclic amines) is 1. The molecule has 5 nitrogen and oxygen atoms in total. The van der Waals surface area contributed by atoms with Crippen molar-refractivity contribution in [2.45, 2.75) is 57.7 Å². The molecule has 33 heavy (non-hydrogen) atoms. The fourth-order valence-corrected chi connectivity index (χ4v) is 5.01. The molecule has 1 spiro atoms. The topological polar surface area (TPSA) is 42.0 Å². The van der Waals surface area contributed by atoms with Crippen molar-refractivity contribution < 1.29 is 18.7 Å². The molecule has 0 saturated carbocycles. The Morgan fingerprint density at radius 1 is 1.03 bits per heavy atom. The average molecular weight is 455 g/mol. The molecule has 178 valence electrons. The van der Waals surface area contributed by atoms with E-state index in [1.54, 1.807) is 0 Å². The van der Waals surface area contributed by atoms with Gasteiger partial charge in [-0.3, -0.25) is 4.79 Å². The molecule has 2 aliphatic heterocycles. The van der Waals surface area contributed by atoms with Gasteiger partial charge in [0, 0.05) is 19.6 Å². The first-order valence-corrected chi connectivity index (χ1v) is 12.1. The van der Waals surface area contributed by atoms with E-state index >= 15 is 0 Å². The number of piperidine rings is 1. The van der Waals surface area contributed by atoms with Gasteiger partial charge in [-0.2, -0.15) is 0 Å². The van der Waals surface area contributed by atoms with Crippen LogP contribution in [0.4, 0.5) is 4.39 Å². The van der Waals surface area contributed by atoms with Crippen LogP contribution in [0.5, 0.6) is 5.75 Å². The summed E-state index contributed by atoms with van der Waals surface area (Å²) in [6, 6.07) is 14.5. The first kappa shape index (κ1) is 23.7. The van der Waals surface area contributed by atoms with E-state index in [1.807, 2.05) is 41.3 Å². The lowest BCUT2D eigenvalue weighted by molar-refractivity contribution is -0.190. The summed E-state index contributed by atoms with van der Waals surface area (Å²) in [6.45, 7) is 8.54. The Bertz CT molecular complexity index is 908. The van der Waals surface area contributed by atoms with Crippen molar-refractivity contribution >= 4 is 5.91 Å². The maximum Gasteiger partial charge on any atom is 0.249 e. The van der Waals surface area contributed by atoms with Crippen LogP contribution in [-0.2, 0) is 22.5 Å². The molecule has 2 aliphatic rings. The van der Waals surface area contributed by atoms with Crippen LogP contribution in [0.15, 0.2) is 48.5 Å². The van der Waals surface area contributed by atoms with Crippen LogP contribution >= 0.6 is 0 Å². The summed E-state index contributed by atoms with van der Waals surface area (Å²) in [7, 11) is 0. The Kier molecular flexibility index (Phi) is 7.66. The van der Waals surface area contributed by atoms with Gasteiger partial charge in [-0.1, -0.05) is 38.1 Å². The fraction of sp³-hybridized carbons (Fsp3) is 0.519. The summed E-state index contributed by atoms with van der Waals surface area (Å²) in [5, 5.41) is 0. The van der Waals surface area contributed by atoms with E-state index in [-0.39, 0.29) is 30.0 Å². The minimum atomic E-state index is -0.377. The van der Waals surface area contributed by atoms with Gasteiger partial charge in [0.2, 0.25) is 5.91 Å². The van der Waals surface area contributed by atoms with Gasteiger partial charge in [-0.05, 0) is 67.6 Å². The molecule has 0 aliphatic carbocycles. The van der Waals surface area contributed by atoms with Crippen molar-refractivity contribution in [2.24, 2.45) is 0 Å². The van der Waals surface area contributed by atoms with E-state index in [9.17, 15) is 9.18 Å². The zero-order chi connectivity index (χ0) is 23.3. The maximum atomic E-state index is 13.5. The molecule has 2 fully saturated rings. The second-order valence-corrected chi connectivity index (χ2v) is 9.15. The van der Waals surface area contributed by atoms with Crippen molar-refractivity contribution in [3.05, 3.63) is 65.5 Å². The highest BCUT2D eigenvalue weighted by molar-refractivity contribution is 5.79. The Morgan fingerprint density at radius 2 is 1.70 bits per heavy atom. The number of carbonyl (C=O) groups is 1. The number of benzene rings is 2. The third-order valence-corrected chi connectivity index (χ3v) is 7.03. The van der Waals surface area contributed by atoms with Crippen molar-refractivity contribution in [3.8, 4) is 5.75 Å². The molecule has 0 N–H and O–H groups in total. The first-order chi connectivity index (χ1) is 16.0. The molecule has 1 atom stereocenters. The van der Waals surface area contributed by atoms with Crippen molar-refractivity contribution in [3.63, 3.8) is 0 Å². The lowest BCUT2D eigenvalue weighted by Crippen LogP contribution is -2.65. The number of hydrogen-bond acceptors (Lipinski definition) is 4. The van der Waals surface area contributed by atoms with Gasteiger partial charge in [0.05, 0.1) is 18.2 Å². The summed E-state index contributed by atoms with van der Waals surface area (Å²) in [5.41, 5.74) is 1.71. The molecule has 0 bridgehead atoms. The third-order valence-electron chi connectivity index (χ3n) is 7.03. The number of morpholine rings is 1. The standard InChI is InChI=1S/C27H35FN2O3/c1-3-17-32-24-11-7-22(8-12-24)19-30-25(18-21-5-9-23(28)10-6-21)27(33-20-26(30)31)13-15-29(4-2)16-14-27/h5-12,25H,3-4,13-20H2,1-2H3. The molecule has 2 saturated heterocycles. The molecule has 0 radical (unpaired) electrons. The first-order valence-electron chi connectivity index (χ1n) is 12.1. The Balaban J connectivity index is 1.59. The molecule has 1 unspecified atom stereocenters. The predicted molar refractivity (Wildman–Crippen MR) is 127 cm³/mol. The average Bonchev–Trinajstić information content (AvgIpc) is 2.85. The second-order valence-electron chi connectivity index (χ2n) is 9.15. The van der Waals surface area contributed by atoms with Gasteiger partial charge in [-0.25, -0.2) is 4.39 Å². The lowest BCUT2D eigenvalue weighted by atomic mass is 9.78. The summed E-state index contributed by atoms with van der Waals surface area (Å²) >= 11 is 0. The number of nitrogens with zero attached hydrogens (tertiary/aromatic N) is 2. The molecule has 2 aromatic rings. The fourth-order valence-electron chi connectivity index (χ4n) is 5.01. The molecule has 2 aromatic carbocycles. The minimum absolute atomic E-state index is 0.0111. The van der Waals surface area contributed by atoms with E-state index in [0.29, 0.717) is 19.6 Å². The zero-order valence-corrected chi connectivity index (χ0v) is 19.8. The summed E-state index contributed by atoms with van der Waals surface area (Å²) in [6.07, 6.45) is 3.39. The number of rotatable bonds is 8. The van der Waals surface area contributed by atoms with Crippen molar-refractivity contribution in [1.82, 2.24) is 9.80 Å². The van der Waals surface area contributed by atoms with Crippen LogP contribution < -0.4 is 4.74 Å². The zero-order valence-electron chi connectivity index (χ0n) is 19.8. The highest BCUT2D eigenvalue weighted by Crippen LogP contribution is 2.38. The van der Waals surface area contributed by atoms with E-state index in [2.05, 4.69) is 18.7 Å². The predicted octanol–water partition coefficient (Wildman–Crippen LogP) is 4.44. The van der Waals surface area contributed by atoms with Crippen LogP contribution in [0.2, 0.25) is 0 Å². The SMILES string of the molecule is CCCOc1ccc(CN2C(=O)COC3(CCN(CC)CC3)C2Cc2ccc(F)cc2)cc1. The number of carbonyl (C=O) groups excluding carboxylic acids is 1. The van der Waals surface area contributed by atoms with E-state index in [0.717, 1.165) is 55.8 Å². The van der Waals surface area contributed by atoms with Crippen molar-refractivity contribution in [2.75, 3.05) is 32.8 Å². The summed E-state index contributed by atoms with van der Waals surface area (Å²) < 4.78 is 25.6. The van der Waals surface area contributed by atoms with Crippen LogP contribution in [-0.4, -0.2) is 60.2 Å². The Hall–Kier alpha value is -2.44. The molecule has 4 rings (SSSR count). The number of ether oxygens (including phenoxy) is 2. The summed E-state index contributed by atoms with van der Waals surface area (Å²) in [5.74, 6) is 0.611. The van der Waals surface area contributed by atoms with Crippen molar-refractivity contribution in [1.29, 1.82) is 0 Å². The van der Waals surface area contributed by atoms with Gasteiger partial charge < -0.3 is 19.3 Å². The van der Waals surface area contributed by atoms with Gasteiger partial charge in [0.1, 0.15) is 18.2 Å². The van der Waals surface area contributed by atoms with Gasteiger partial charge in [-0.15, -0.1) is 0 Å². The molecule has 1 amide bonds. The van der Waals surface area contributed by atoms with Crippen LogP contribution in [0.3, 0.4) is 0 Å². The number of amides is 1. The van der Waals surface area contributed by atoms with Crippen LogP contribution in [0.1, 0.15) is 44.2 Å². The van der Waals surface area contributed by atoms with Crippen LogP contribution in [0, 0.1) is 5.82 Å². The molecule has 6 heteroatoms. The maximum absolute atomic E-state index is 13.5. The second kappa shape index (κ2) is 10.7. The van der Waals surface area contributed by atoms with Crippen LogP contribution in [0.25, 0.3) is 0 Å². The number of hydrogen-bond donors (Lipinski definition) is 0. The summed E-state index contributed by atoms with van der Waals surface area (Å²) in [4.78, 5) is 17.5. The van der Waals surface area contributed by atoms with E-state index in [4.69, 9.17) is 9.47 Å². The molecule has 2 heterocycles. The molecule has 0 aromatic heterocycles. The molecular formula is C27H35FN2O3. The molecular weight excluding hydrogens is 419 g/mol. The smallest absolute Gasteiger partial charge is 0.249 e. The van der Waals surface area contributed by atoms with Gasteiger partial charge in [0.15, 0.2) is 0 Å². The number of halogens is 1. The largest absolute Gasteiger partial charge is 0.494 e. The van der Waals surface area contributed by atoms with Gasteiger partial charge in [0.25, 0.3) is 0 Å². The normalized spacial score (nSPS) is 20.9. The minimum Gasteiger partial charge on any atom is -0.494 e. The lowest BCUT2D eigenvalue weighted by Gasteiger charge is -2.53. The van der Waals surface area contributed by atoms with Gasteiger partial charge >= 0.3 is 0 Å². The Labute approximate surface area is 196 Å². The highest BCUT2D eigenvalue weighted by atomic mass is 19.1. The quantitative estimate of drug-likeness (QED) is 0.592. The van der Waals surface area contributed by atoms with E-state index < -0.39 is 0 Å².